The number of nitrogens with zero attached hydrogens (tertiary/aromatic N) is 4. The minimum absolute atomic E-state index is 0.0363. The monoisotopic (exact) mass is 469 g/mol. The number of aliphatic carboxylic acids is 1. The molecule has 1 heterocycles. The lowest BCUT2D eigenvalue weighted by Gasteiger charge is -2.17. The van der Waals surface area contributed by atoms with Gasteiger partial charge in [0.2, 0.25) is 0 Å². The van der Waals surface area contributed by atoms with Gasteiger partial charge >= 0.3 is 12.1 Å². The van der Waals surface area contributed by atoms with E-state index in [0.29, 0.717) is 17.1 Å². The lowest BCUT2D eigenvalue weighted by atomic mass is 10.1. The average Bonchev–Trinajstić information content (AvgIpc) is 3.29. The number of alkyl carbamates (subject to hydrolysis) is 1. The number of rotatable bonds is 11. The molecule has 34 heavy (non-hydrogen) atoms. The molecular formula is C22H23N5O7. The molecule has 2 aromatic carbocycles. The lowest BCUT2D eigenvalue weighted by Crippen LogP contribution is -2.44. The van der Waals surface area contributed by atoms with Crippen LogP contribution in [-0.4, -0.2) is 63.4 Å². The molecule has 0 aliphatic carbocycles. The summed E-state index contributed by atoms with van der Waals surface area (Å²) in [6.45, 7) is -0.453. The average molecular weight is 469 g/mol. The molecule has 178 valence electrons. The fourth-order valence-electron chi connectivity index (χ4n) is 3.15. The van der Waals surface area contributed by atoms with Gasteiger partial charge in [-0.15, -0.1) is 5.10 Å². The fraction of sp³-hybridized carbons (Fsp3) is 0.273. The van der Waals surface area contributed by atoms with Crippen LogP contribution in [0.5, 0.6) is 11.5 Å². The van der Waals surface area contributed by atoms with Gasteiger partial charge in [-0.05, 0) is 28.1 Å². The van der Waals surface area contributed by atoms with Crippen molar-refractivity contribution in [2.45, 2.75) is 25.6 Å². The second-order valence-electron chi connectivity index (χ2n) is 7.02. The van der Waals surface area contributed by atoms with Gasteiger partial charge in [0.25, 0.3) is 0 Å². The number of benzene rings is 2. The molecule has 12 nitrogen and oxygen atoms in total. The Labute approximate surface area is 194 Å². The van der Waals surface area contributed by atoms with Crippen LogP contribution in [0, 0.1) is 0 Å². The van der Waals surface area contributed by atoms with Crippen molar-refractivity contribution in [2.24, 2.45) is 0 Å². The summed E-state index contributed by atoms with van der Waals surface area (Å²) in [5.41, 5.74) is 1.15. The first kappa shape index (κ1) is 24.2. The number of hydrogen-bond donors (Lipinski definition) is 2. The van der Waals surface area contributed by atoms with Crippen molar-refractivity contribution in [2.75, 3.05) is 14.2 Å². The van der Waals surface area contributed by atoms with Gasteiger partial charge in [0.15, 0.2) is 11.6 Å². The summed E-state index contributed by atoms with van der Waals surface area (Å²) in [5.74, 6) is -0.921. The minimum atomic E-state index is -1.36. The van der Waals surface area contributed by atoms with E-state index >= 15 is 0 Å². The van der Waals surface area contributed by atoms with E-state index < -0.39 is 36.9 Å². The molecule has 0 fully saturated rings. The molecule has 1 aromatic heterocycles. The van der Waals surface area contributed by atoms with Crippen LogP contribution in [0.1, 0.15) is 12.0 Å². The van der Waals surface area contributed by atoms with Crippen LogP contribution in [0.2, 0.25) is 0 Å². The van der Waals surface area contributed by atoms with Crippen molar-refractivity contribution < 1.29 is 33.7 Å². The van der Waals surface area contributed by atoms with Gasteiger partial charge in [-0.1, -0.05) is 36.4 Å². The molecule has 2 N–H and O–H groups in total. The van der Waals surface area contributed by atoms with Gasteiger partial charge in [-0.25, -0.2) is 9.48 Å². The zero-order valence-corrected chi connectivity index (χ0v) is 18.5. The highest BCUT2D eigenvalue weighted by atomic mass is 16.5. The zero-order valence-electron chi connectivity index (χ0n) is 18.5. The van der Waals surface area contributed by atoms with E-state index in [9.17, 15) is 19.5 Å². The summed E-state index contributed by atoms with van der Waals surface area (Å²) in [6, 6.07) is 12.6. The maximum Gasteiger partial charge on any atom is 0.408 e. The number of aromatic nitrogens is 4. The van der Waals surface area contributed by atoms with Crippen LogP contribution in [0.25, 0.3) is 11.4 Å². The third kappa shape index (κ3) is 6.06. The number of ether oxygens (including phenoxy) is 3. The van der Waals surface area contributed by atoms with Crippen LogP contribution < -0.4 is 14.8 Å². The van der Waals surface area contributed by atoms with E-state index in [1.165, 1.54) is 18.9 Å². The lowest BCUT2D eigenvalue weighted by molar-refractivity contribution is -0.139. The number of carboxylic acid groups (broad SMARTS) is 1. The largest absolute Gasteiger partial charge is 0.496 e. The Morgan fingerprint density at radius 1 is 1.03 bits per heavy atom. The van der Waals surface area contributed by atoms with Crippen molar-refractivity contribution >= 4 is 17.8 Å². The molecule has 0 radical (unpaired) electrons. The SMILES string of the molecule is COc1cccc(OC)c1-c1nnnn1CC(=O)C(CC(=O)O)NC(=O)OCc1ccccc1. The van der Waals surface area contributed by atoms with Gasteiger partial charge in [0, 0.05) is 0 Å². The second kappa shape index (κ2) is 11.4. The van der Waals surface area contributed by atoms with Crippen LogP contribution in [0.4, 0.5) is 4.79 Å². The highest BCUT2D eigenvalue weighted by molar-refractivity contribution is 5.91. The molecule has 1 amide bonds. The van der Waals surface area contributed by atoms with Gasteiger partial charge in [0.05, 0.1) is 20.6 Å². The van der Waals surface area contributed by atoms with Gasteiger partial charge in [-0.2, -0.15) is 0 Å². The van der Waals surface area contributed by atoms with E-state index in [2.05, 4.69) is 20.8 Å². The standard InChI is InChI=1S/C22H23N5O7/c1-32-17-9-6-10-18(33-2)20(17)21-24-25-26-27(21)12-16(28)15(11-19(29)30)23-22(31)34-13-14-7-4-3-5-8-14/h3-10,15H,11-13H2,1-2H3,(H,23,31)(H,29,30). The molecule has 1 atom stereocenters. The van der Waals surface area contributed by atoms with Crippen LogP contribution in [0.3, 0.4) is 0 Å². The molecule has 12 heteroatoms. The molecule has 0 saturated carbocycles. The Balaban J connectivity index is 1.76. The first-order chi connectivity index (χ1) is 16.4. The van der Waals surface area contributed by atoms with Crippen LogP contribution in [-0.2, 0) is 27.5 Å². The molecule has 0 spiro atoms. The predicted octanol–water partition coefficient (Wildman–Crippen LogP) is 1.70. The first-order valence-corrected chi connectivity index (χ1v) is 10.1. The molecule has 0 bridgehead atoms. The summed E-state index contributed by atoms with van der Waals surface area (Å²) >= 11 is 0. The highest BCUT2D eigenvalue weighted by Crippen LogP contribution is 2.36. The van der Waals surface area contributed by atoms with Crippen molar-refractivity contribution in [3.05, 3.63) is 54.1 Å². The molecule has 0 saturated heterocycles. The van der Waals surface area contributed by atoms with Crippen molar-refractivity contribution in [1.29, 1.82) is 0 Å². The first-order valence-electron chi connectivity index (χ1n) is 10.1. The molecular weight excluding hydrogens is 446 g/mol. The number of amides is 1. The van der Waals surface area contributed by atoms with Gasteiger partial charge < -0.3 is 24.6 Å². The quantitative estimate of drug-likeness (QED) is 0.424. The second-order valence-corrected chi connectivity index (χ2v) is 7.02. The third-order valence-corrected chi connectivity index (χ3v) is 4.76. The molecule has 3 rings (SSSR count). The van der Waals surface area contributed by atoms with Crippen LogP contribution >= 0.6 is 0 Å². The maximum atomic E-state index is 12.9. The molecule has 3 aromatic rings. The number of carboxylic acids is 1. The van der Waals surface area contributed by atoms with E-state index in [1.807, 2.05) is 6.07 Å². The Kier molecular flexibility index (Phi) is 8.11. The number of Topliss-reactive ketones (excluding diaryl/α,β-unsaturated/α-hetero) is 1. The van der Waals surface area contributed by atoms with E-state index in [0.717, 1.165) is 5.56 Å². The number of carbonyl (C=O) groups excluding carboxylic acids is 2. The predicted molar refractivity (Wildman–Crippen MR) is 117 cm³/mol. The normalized spacial score (nSPS) is 11.4. The number of methoxy groups -OCH3 is 2. The summed E-state index contributed by atoms with van der Waals surface area (Å²) in [5, 5.41) is 22.9. The topological polar surface area (TPSA) is 155 Å². The number of carbonyl (C=O) groups is 3. The van der Waals surface area contributed by atoms with Gasteiger partial charge in [0.1, 0.15) is 36.3 Å². The number of hydrogen-bond acceptors (Lipinski definition) is 9. The third-order valence-electron chi connectivity index (χ3n) is 4.76. The van der Waals surface area contributed by atoms with E-state index in [-0.39, 0.29) is 12.4 Å². The summed E-state index contributed by atoms with van der Waals surface area (Å²) in [4.78, 5) is 36.5. The Morgan fingerprint density at radius 2 is 1.71 bits per heavy atom. The number of ketones is 1. The van der Waals surface area contributed by atoms with E-state index in [4.69, 9.17) is 14.2 Å². The summed E-state index contributed by atoms with van der Waals surface area (Å²) < 4.78 is 17.0. The van der Waals surface area contributed by atoms with Crippen molar-refractivity contribution in [3.63, 3.8) is 0 Å². The summed E-state index contributed by atoms with van der Waals surface area (Å²) in [7, 11) is 2.93. The molecule has 0 aliphatic rings. The van der Waals surface area contributed by atoms with Gasteiger partial charge in [-0.3, -0.25) is 9.59 Å². The fourth-order valence-corrected chi connectivity index (χ4v) is 3.15. The smallest absolute Gasteiger partial charge is 0.408 e. The van der Waals surface area contributed by atoms with Crippen molar-refractivity contribution in [3.8, 4) is 22.9 Å². The van der Waals surface area contributed by atoms with E-state index in [1.54, 1.807) is 42.5 Å². The maximum absolute atomic E-state index is 12.9. The Bertz CT molecular complexity index is 1130. The molecule has 0 aliphatic heterocycles. The zero-order chi connectivity index (χ0) is 24.5. The van der Waals surface area contributed by atoms with Crippen LogP contribution in [0.15, 0.2) is 48.5 Å². The number of nitrogens with one attached hydrogen (secondary N) is 1. The minimum Gasteiger partial charge on any atom is -0.496 e. The van der Waals surface area contributed by atoms with Crippen molar-refractivity contribution in [1.82, 2.24) is 25.5 Å². The Morgan fingerprint density at radius 3 is 2.32 bits per heavy atom. The molecule has 1 unspecified atom stereocenters. The number of tetrazole rings is 1. The Hall–Kier alpha value is -4.48. The summed E-state index contributed by atoms with van der Waals surface area (Å²) in [6.07, 6.45) is -1.57. The highest BCUT2D eigenvalue weighted by Gasteiger charge is 2.27.